The molecule has 0 fully saturated rings. The van der Waals surface area contributed by atoms with Crippen molar-refractivity contribution in [1.82, 2.24) is 0 Å². The number of ether oxygens (including phenoxy) is 2. The van der Waals surface area contributed by atoms with Crippen LogP contribution in [0.3, 0.4) is 0 Å². The number of carbonyl (C=O) groups is 2. The molecule has 0 heterocycles. The molecular weight excluding hydrogens is 388 g/mol. The number of carbonyl (C=O) groups excluding carboxylic acids is 2. The van der Waals surface area contributed by atoms with Crippen LogP contribution in [0.5, 0.6) is 0 Å². The topological polar surface area (TPSA) is 52.6 Å². The van der Waals surface area contributed by atoms with Crippen molar-refractivity contribution in [3.8, 4) is 11.1 Å². The Morgan fingerprint density at radius 1 is 0.724 bits per heavy atom. The van der Waals surface area contributed by atoms with E-state index in [-0.39, 0.29) is 0 Å². The van der Waals surface area contributed by atoms with Gasteiger partial charge < -0.3 is 9.47 Å². The van der Waals surface area contributed by atoms with Crippen molar-refractivity contribution in [2.45, 2.75) is 0 Å². The summed E-state index contributed by atoms with van der Waals surface area (Å²) in [7, 11) is 2.68. The maximum Gasteiger partial charge on any atom is 0.338 e. The average molecular weight is 407 g/mol. The van der Waals surface area contributed by atoms with Crippen molar-refractivity contribution in [2.24, 2.45) is 0 Å². The lowest BCUT2D eigenvalue weighted by Crippen LogP contribution is -2.07. The van der Waals surface area contributed by atoms with Crippen LogP contribution in [0, 0.1) is 0 Å². The second-order valence-corrected chi connectivity index (χ2v) is 6.62. The van der Waals surface area contributed by atoms with Crippen molar-refractivity contribution in [3.05, 3.63) is 94.0 Å². The first-order valence-electron chi connectivity index (χ1n) is 8.88. The predicted octanol–water partition coefficient (Wildman–Crippen LogP) is 5.75. The molecule has 0 unspecified atom stereocenters. The normalized spacial score (nSPS) is 10.7. The first kappa shape index (κ1) is 20.4. The quantitative estimate of drug-likeness (QED) is 0.400. The summed E-state index contributed by atoms with van der Waals surface area (Å²) >= 11 is 5.95. The number of benzene rings is 3. The zero-order chi connectivity index (χ0) is 20.8. The molecule has 3 rings (SSSR count). The molecule has 3 aromatic rings. The standard InChI is InChI=1S/C24H19ClO4/c1-28-23(26)21-7-4-3-6-19(21)18-8-5-9-22(24(27)29-2)20(18)15-12-16-10-13-17(25)14-11-16/h3-15H,1-2H3/b15-12+. The van der Waals surface area contributed by atoms with E-state index in [1.165, 1.54) is 14.2 Å². The van der Waals surface area contributed by atoms with Gasteiger partial charge in [0.05, 0.1) is 25.3 Å². The molecule has 0 aliphatic heterocycles. The summed E-state index contributed by atoms with van der Waals surface area (Å²) in [5.41, 5.74) is 3.76. The Morgan fingerprint density at radius 2 is 1.31 bits per heavy atom. The third kappa shape index (κ3) is 4.55. The molecule has 146 valence electrons. The summed E-state index contributed by atoms with van der Waals surface area (Å²) in [4.78, 5) is 24.6. The van der Waals surface area contributed by atoms with Gasteiger partial charge in [0.1, 0.15) is 0 Å². The van der Waals surface area contributed by atoms with Crippen molar-refractivity contribution in [1.29, 1.82) is 0 Å². The number of esters is 2. The van der Waals surface area contributed by atoms with Gasteiger partial charge in [-0.1, -0.05) is 66.2 Å². The Kier molecular flexibility index (Phi) is 6.47. The van der Waals surface area contributed by atoms with Crippen molar-refractivity contribution >= 4 is 35.7 Å². The van der Waals surface area contributed by atoms with Crippen LogP contribution >= 0.6 is 11.6 Å². The molecule has 0 spiro atoms. The maximum absolute atomic E-state index is 12.4. The number of halogens is 1. The predicted molar refractivity (Wildman–Crippen MR) is 115 cm³/mol. The molecule has 0 atom stereocenters. The second-order valence-electron chi connectivity index (χ2n) is 6.18. The van der Waals surface area contributed by atoms with Gasteiger partial charge in [0.15, 0.2) is 0 Å². The van der Waals surface area contributed by atoms with Gasteiger partial charge >= 0.3 is 11.9 Å². The summed E-state index contributed by atoms with van der Waals surface area (Å²) in [6, 6.07) is 19.8. The molecule has 0 aliphatic rings. The molecule has 0 saturated carbocycles. The van der Waals surface area contributed by atoms with Gasteiger partial charge in [-0.2, -0.15) is 0 Å². The number of hydrogen-bond donors (Lipinski definition) is 0. The Balaban J connectivity index is 2.20. The minimum absolute atomic E-state index is 0.398. The fraction of sp³-hybridized carbons (Fsp3) is 0.0833. The van der Waals surface area contributed by atoms with Crippen LogP contribution in [0.15, 0.2) is 66.7 Å². The zero-order valence-electron chi connectivity index (χ0n) is 16.0. The van der Waals surface area contributed by atoms with Gasteiger partial charge in [0.2, 0.25) is 0 Å². The van der Waals surface area contributed by atoms with Gasteiger partial charge in [0, 0.05) is 5.02 Å². The van der Waals surface area contributed by atoms with Crippen LogP contribution < -0.4 is 0 Å². The smallest absolute Gasteiger partial charge is 0.338 e. The van der Waals surface area contributed by atoms with Gasteiger partial charge in [-0.25, -0.2) is 9.59 Å². The third-order valence-corrected chi connectivity index (χ3v) is 4.70. The lowest BCUT2D eigenvalue weighted by molar-refractivity contribution is 0.0593. The summed E-state index contributed by atoms with van der Waals surface area (Å²) in [6.45, 7) is 0. The largest absolute Gasteiger partial charge is 0.465 e. The fourth-order valence-electron chi connectivity index (χ4n) is 3.03. The summed E-state index contributed by atoms with van der Waals surface area (Å²) in [5.74, 6) is -0.908. The van der Waals surface area contributed by atoms with E-state index in [0.29, 0.717) is 27.3 Å². The number of rotatable bonds is 5. The highest BCUT2D eigenvalue weighted by Gasteiger charge is 2.19. The Bertz CT molecular complexity index is 1070. The molecule has 0 saturated heterocycles. The highest BCUT2D eigenvalue weighted by molar-refractivity contribution is 6.30. The monoisotopic (exact) mass is 406 g/mol. The van der Waals surface area contributed by atoms with E-state index < -0.39 is 11.9 Å². The molecule has 4 nitrogen and oxygen atoms in total. The Hall–Kier alpha value is -3.37. The highest BCUT2D eigenvalue weighted by atomic mass is 35.5. The van der Waals surface area contributed by atoms with Crippen LogP contribution in [0.25, 0.3) is 23.3 Å². The van der Waals surface area contributed by atoms with Crippen LogP contribution in [-0.2, 0) is 9.47 Å². The van der Waals surface area contributed by atoms with E-state index in [0.717, 1.165) is 11.1 Å². The van der Waals surface area contributed by atoms with E-state index in [4.69, 9.17) is 21.1 Å². The fourth-order valence-corrected chi connectivity index (χ4v) is 3.15. The molecular formula is C24H19ClO4. The summed E-state index contributed by atoms with van der Waals surface area (Å²) in [5, 5.41) is 0.643. The summed E-state index contributed by atoms with van der Waals surface area (Å²) in [6.07, 6.45) is 3.71. The Labute approximate surface area is 174 Å². The van der Waals surface area contributed by atoms with E-state index in [9.17, 15) is 9.59 Å². The van der Waals surface area contributed by atoms with Gasteiger partial charge in [-0.05, 0) is 46.5 Å². The van der Waals surface area contributed by atoms with E-state index in [2.05, 4.69) is 0 Å². The zero-order valence-corrected chi connectivity index (χ0v) is 16.8. The molecule has 0 radical (unpaired) electrons. The van der Waals surface area contributed by atoms with Crippen LogP contribution in [0.2, 0.25) is 5.02 Å². The number of hydrogen-bond acceptors (Lipinski definition) is 4. The minimum Gasteiger partial charge on any atom is -0.465 e. The molecule has 0 N–H and O–H groups in total. The lowest BCUT2D eigenvalue weighted by atomic mass is 9.91. The summed E-state index contributed by atoms with van der Waals surface area (Å²) < 4.78 is 9.87. The molecule has 0 amide bonds. The number of methoxy groups -OCH3 is 2. The first-order chi connectivity index (χ1) is 14.0. The third-order valence-electron chi connectivity index (χ3n) is 4.45. The van der Waals surface area contributed by atoms with Gasteiger partial charge in [-0.3, -0.25) is 0 Å². The average Bonchev–Trinajstić information content (AvgIpc) is 2.77. The maximum atomic E-state index is 12.4. The van der Waals surface area contributed by atoms with Crippen LogP contribution in [0.4, 0.5) is 0 Å². The Morgan fingerprint density at radius 3 is 2.00 bits per heavy atom. The molecule has 0 aromatic heterocycles. The van der Waals surface area contributed by atoms with E-state index in [1.807, 2.05) is 42.5 Å². The highest BCUT2D eigenvalue weighted by Crippen LogP contribution is 2.31. The molecule has 0 aliphatic carbocycles. The van der Waals surface area contributed by atoms with Crippen LogP contribution in [-0.4, -0.2) is 26.2 Å². The van der Waals surface area contributed by atoms with Gasteiger partial charge in [-0.15, -0.1) is 0 Å². The molecule has 29 heavy (non-hydrogen) atoms. The van der Waals surface area contributed by atoms with E-state index >= 15 is 0 Å². The van der Waals surface area contributed by atoms with Gasteiger partial charge in [0.25, 0.3) is 0 Å². The van der Waals surface area contributed by atoms with Crippen molar-refractivity contribution in [2.75, 3.05) is 14.2 Å². The SMILES string of the molecule is COC(=O)c1ccccc1-c1cccc(C(=O)OC)c1/C=C/c1ccc(Cl)cc1. The minimum atomic E-state index is -0.460. The van der Waals surface area contributed by atoms with Crippen LogP contribution in [0.1, 0.15) is 31.8 Å². The molecule has 3 aromatic carbocycles. The van der Waals surface area contributed by atoms with E-state index in [1.54, 1.807) is 36.4 Å². The lowest BCUT2D eigenvalue weighted by Gasteiger charge is -2.14. The first-order valence-corrected chi connectivity index (χ1v) is 9.25. The molecule has 0 bridgehead atoms. The van der Waals surface area contributed by atoms with Crippen molar-refractivity contribution < 1.29 is 19.1 Å². The second kappa shape index (κ2) is 9.22. The van der Waals surface area contributed by atoms with Crippen molar-refractivity contribution in [3.63, 3.8) is 0 Å². The molecule has 5 heteroatoms.